The summed E-state index contributed by atoms with van der Waals surface area (Å²) in [5, 5.41) is 16.1. The minimum absolute atomic E-state index is 0.110. The molecule has 3 N–H and O–H groups in total. The van der Waals surface area contributed by atoms with Crippen molar-refractivity contribution in [3.8, 4) is 11.5 Å². The molecular weight excluding hydrogens is 244 g/mol. The van der Waals surface area contributed by atoms with Gasteiger partial charge in [-0.3, -0.25) is 4.79 Å². The number of rotatable bonds is 5. The molecule has 104 valence electrons. The Labute approximate surface area is 113 Å². The second-order valence-electron chi connectivity index (χ2n) is 4.69. The molecule has 0 spiro atoms. The van der Waals surface area contributed by atoms with Crippen LogP contribution >= 0.6 is 0 Å². The number of hydrogen-bond acceptors (Lipinski definition) is 4. The molecular formula is C14H20N2O3. The van der Waals surface area contributed by atoms with Crippen LogP contribution in [0.1, 0.15) is 29.6 Å². The SMILES string of the molecule is COc1cccc(C(=O)NCC[C@H]2CCCN2)c1O. The first-order valence-electron chi connectivity index (χ1n) is 6.60. The summed E-state index contributed by atoms with van der Waals surface area (Å²) in [6.45, 7) is 1.67. The Balaban J connectivity index is 1.88. The van der Waals surface area contributed by atoms with Crippen LogP contribution < -0.4 is 15.4 Å². The Hall–Kier alpha value is -1.75. The van der Waals surface area contributed by atoms with Crippen molar-refractivity contribution < 1.29 is 14.6 Å². The predicted molar refractivity (Wildman–Crippen MR) is 72.6 cm³/mol. The molecule has 0 saturated carbocycles. The van der Waals surface area contributed by atoms with Crippen LogP contribution in [0.2, 0.25) is 0 Å². The molecule has 1 fully saturated rings. The summed E-state index contributed by atoms with van der Waals surface area (Å²) < 4.78 is 4.98. The van der Waals surface area contributed by atoms with Crippen LogP contribution in [-0.2, 0) is 0 Å². The first-order chi connectivity index (χ1) is 9.22. The van der Waals surface area contributed by atoms with Gasteiger partial charge in [0, 0.05) is 12.6 Å². The zero-order valence-corrected chi connectivity index (χ0v) is 11.1. The Morgan fingerprint density at radius 3 is 3.11 bits per heavy atom. The van der Waals surface area contributed by atoms with E-state index in [1.54, 1.807) is 18.2 Å². The summed E-state index contributed by atoms with van der Waals surface area (Å²) in [5.41, 5.74) is 0.249. The van der Waals surface area contributed by atoms with E-state index in [4.69, 9.17) is 4.74 Å². The Bertz CT molecular complexity index is 442. The van der Waals surface area contributed by atoms with E-state index in [2.05, 4.69) is 10.6 Å². The van der Waals surface area contributed by atoms with Crippen molar-refractivity contribution in [2.75, 3.05) is 20.2 Å². The highest BCUT2D eigenvalue weighted by molar-refractivity contribution is 5.97. The van der Waals surface area contributed by atoms with Crippen molar-refractivity contribution >= 4 is 5.91 Å². The Kier molecular flexibility index (Phi) is 4.63. The molecule has 0 aliphatic carbocycles. The molecule has 0 bridgehead atoms. The van der Waals surface area contributed by atoms with Crippen molar-refractivity contribution in [3.63, 3.8) is 0 Å². The fourth-order valence-electron chi connectivity index (χ4n) is 2.33. The zero-order valence-electron chi connectivity index (χ0n) is 11.1. The summed E-state index contributed by atoms with van der Waals surface area (Å²) in [4.78, 5) is 12.0. The number of benzene rings is 1. The number of aromatic hydroxyl groups is 1. The number of hydrogen-bond donors (Lipinski definition) is 3. The van der Waals surface area contributed by atoms with Crippen LogP contribution in [0.5, 0.6) is 11.5 Å². The van der Waals surface area contributed by atoms with Gasteiger partial charge >= 0.3 is 0 Å². The van der Waals surface area contributed by atoms with Crippen molar-refractivity contribution in [1.29, 1.82) is 0 Å². The summed E-state index contributed by atoms with van der Waals surface area (Å²) in [6.07, 6.45) is 3.28. The number of para-hydroxylation sites is 1. The molecule has 5 heteroatoms. The highest BCUT2D eigenvalue weighted by Gasteiger charge is 2.16. The number of phenols is 1. The molecule has 1 heterocycles. The van der Waals surface area contributed by atoms with Gasteiger partial charge in [-0.05, 0) is 37.9 Å². The largest absolute Gasteiger partial charge is 0.504 e. The van der Waals surface area contributed by atoms with Gasteiger partial charge in [0.05, 0.1) is 12.7 Å². The van der Waals surface area contributed by atoms with Gasteiger partial charge in [-0.1, -0.05) is 6.07 Å². The zero-order chi connectivity index (χ0) is 13.7. The van der Waals surface area contributed by atoms with Crippen molar-refractivity contribution in [2.24, 2.45) is 0 Å². The molecule has 2 rings (SSSR count). The van der Waals surface area contributed by atoms with Gasteiger partial charge in [0.25, 0.3) is 5.91 Å². The number of phenolic OH excluding ortho intramolecular Hbond substituents is 1. The van der Waals surface area contributed by atoms with Gasteiger partial charge < -0.3 is 20.5 Å². The van der Waals surface area contributed by atoms with E-state index in [0.717, 1.165) is 13.0 Å². The molecule has 1 amide bonds. The summed E-state index contributed by atoms with van der Waals surface area (Å²) >= 11 is 0. The average Bonchev–Trinajstić information content (AvgIpc) is 2.92. The Morgan fingerprint density at radius 2 is 2.42 bits per heavy atom. The second kappa shape index (κ2) is 6.43. The number of amides is 1. The fourth-order valence-corrected chi connectivity index (χ4v) is 2.33. The third-order valence-corrected chi connectivity index (χ3v) is 3.40. The maximum absolute atomic E-state index is 12.0. The van der Waals surface area contributed by atoms with Crippen molar-refractivity contribution in [1.82, 2.24) is 10.6 Å². The van der Waals surface area contributed by atoms with E-state index in [0.29, 0.717) is 18.3 Å². The summed E-state index contributed by atoms with van der Waals surface area (Å²) in [6, 6.07) is 5.39. The lowest BCUT2D eigenvalue weighted by Gasteiger charge is -2.12. The topological polar surface area (TPSA) is 70.6 Å². The minimum atomic E-state index is -0.269. The maximum Gasteiger partial charge on any atom is 0.255 e. The molecule has 19 heavy (non-hydrogen) atoms. The van der Waals surface area contributed by atoms with E-state index in [9.17, 15) is 9.90 Å². The molecule has 5 nitrogen and oxygen atoms in total. The molecule has 1 saturated heterocycles. The molecule has 1 aliphatic heterocycles. The lowest BCUT2D eigenvalue weighted by molar-refractivity contribution is 0.0949. The lowest BCUT2D eigenvalue weighted by atomic mass is 10.1. The number of nitrogens with one attached hydrogen (secondary N) is 2. The number of methoxy groups -OCH3 is 1. The Morgan fingerprint density at radius 1 is 1.58 bits per heavy atom. The van der Waals surface area contributed by atoms with E-state index in [1.807, 2.05) is 0 Å². The first kappa shape index (κ1) is 13.7. The van der Waals surface area contributed by atoms with Gasteiger partial charge in [-0.2, -0.15) is 0 Å². The monoisotopic (exact) mass is 264 g/mol. The van der Waals surface area contributed by atoms with Gasteiger partial charge in [0.1, 0.15) is 0 Å². The maximum atomic E-state index is 12.0. The van der Waals surface area contributed by atoms with E-state index >= 15 is 0 Å². The van der Waals surface area contributed by atoms with Gasteiger partial charge in [0.2, 0.25) is 0 Å². The minimum Gasteiger partial charge on any atom is -0.504 e. The standard InChI is InChI=1S/C14H20N2O3/c1-19-12-6-2-5-11(13(12)17)14(18)16-9-7-10-4-3-8-15-10/h2,5-6,10,15,17H,3-4,7-9H2,1H3,(H,16,18)/t10-/m1/s1. The van der Waals surface area contributed by atoms with Gasteiger partial charge in [-0.25, -0.2) is 0 Å². The van der Waals surface area contributed by atoms with Crippen LogP contribution in [0.15, 0.2) is 18.2 Å². The van der Waals surface area contributed by atoms with E-state index in [1.165, 1.54) is 20.0 Å². The number of carbonyl (C=O) groups is 1. The normalized spacial score (nSPS) is 18.3. The van der Waals surface area contributed by atoms with Crippen molar-refractivity contribution in [3.05, 3.63) is 23.8 Å². The second-order valence-corrected chi connectivity index (χ2v) is 4.69. The molecule has 0 radical (unpaired) electrons. The highest BCUT2D eigenvalue weighted by atomic mass is 16.5. The molecule has 1 atom stereocenters. The van der Waals surface area contributed by atoms with Crippen LogP contribution in [-0.4, -0.2) is 37.3 Å². The van der Waals surface area contributed by atoms with Gasteiger partial charge in [-0.15, -0.1) is 0 Å². The van der Waals surface area contributed by atoms with Crippen molar-refractivity contribution in [2.45, 2.75) is 25.3 Å². The summed E-state index contributed by atoms with van der Waals surface area (Å²) in [5.74, 6) is -0.0685. The van der Waals surface area contributed by atoms with Crippen LogP contribution in [0.25, 0.3) is 0 Å². The average molecular weight is 264 g/mol. The summed E-state index contributed by atoms with van der Waals surface area (Å²) in [7, 11) is 1.46. The third kappa shape index (κ3) is 3.38. The molecule has 1 aromatic rings. The fraction of sp³-hybridized carbons (Fsp3) is 0.500. The lowest BCUT2D eigenvalue weighted by Crippen LogP contribution is -2.30. The van der Waals surface area contributed by atoms with Crippen LogP contribution in [0.3, 0.4) is 0 Å². The third-order valence-electron chi connectivity index (χ3n) is 3.40. The number of carbonyl (C=O) groups excluding carboxylic acids is 1. The smallest absolute Gasteiger partial charge is 0.255 e. The molecule has 1 aromatic carbocycles. The van der Waals surface area contributed by atoms with Crippen LogP contribution in [0, 0.1) is 0 Å². The molecule has 0 unspecified atom stereocenters. The highest BCUT2D eigenvalue weighted by Crippen LogP contribution is 2.29. The van der Waals surface area contributed by atoms with Gasteiger partial charge in [0.15, 0.2) is 11.5 Å². The predicted octanol–water partition coefficient (Wildman–Crippen LogP) is 1.27. The van der Waals surface area contributed by atoms with E-state index in [-0.39, 0.29) is 17.2 Å². The quantitative estimate of drug-likeness (QED) is 0.749. The van der Waals surface area contributed by atoms with E-state index < -0.39 is 0 Å². The number of ether oxygens (including phenoxy) is 1. The molecule has 0 aromatic heterocycles. The molecule has 1 aliphatic rings. The first-order valence-corrected chi connectivity index (χ1v) is 6.60. The van der Waals surface area contributed by atoms with Crippen LogP contribution in [0.4, 0.5) is 0 Å².